The zero-order valence-electron chi connectivity index (χ0n) is 11.6. The highest BCUT2D eigenvalue weighted by molar-refractivity contribution is 5.32. The van der Waals surface area contributed by atoms with E-state index in [1.165, 1.54) is 24.8 Å². The lowest BCUT2D eigenvalue weighted by atomic mass is 9.95. The Balaban J connectivity index is 1.81. The van der Waals surface area contributed by atoms with Crippen LogP contribution >= 0.6 is 0 Å². The average molecular weight is 268 g/mol. The number of aromatic hydroxyl groups is 1. The topological polar surface area (TPSA) is 36.4 Å². The van der Waals surface area contributed by atoms with Crippen molar-refractivity contribution in [2.45, 2.75) is 31.8 Å². The van der Waals surface area contributed by atoms with E-state index in [1.807, 2.05) is 36.7 Å². The van der Waals surface area contributed by atoms with Crippen LogP contribution in [0, 0.1) is 0 Å². The first-order valence-corrected chi connectivity index (χ1v) is 7.25. The van der Waals surface area contributed by atoms with Gasteiger partial charge in [0.05, 0.1) is 0 Å². The Morgan fingerprint density at radius 3 is 2.85 bits per heavy atom. The van der Waals surface area contributed by atoms with Gasteiger partial charge in [-0.2, -0.15) is 0 Å². The number of nitrogens with zero attached hydrogens (tertiary/aromatic N) is 2. The summed E-state index contributed by atoms with van der Waals surface area (Å²) in [4.78, 5) is 6.70. The highest BCUT2D eigenvalue weighted by Crippen LogP contribution is 2.32. The second-order valence-corrected chi connectivity index (χ2v) is 5.40. The molecule has 2 aromatic rings. The molecule has 0 amide bonds. The molecule has 1 aromatic carbocycles. The fraction of sp³-hybridized carbons (Fsp3) is 0.353. The van der Waals surface area contributed by atoms with Gasteiger partial charge in [-0.25, -0.2) is 0 Å². The molecule has 1 N–H and O–H groups in total. The average Bonchev–Trinajstić information content (AvgIpc) is 2.51. The summed E-state index contributed by atoms with van der Waals surface area (Å²) in [6, 6.07) is 12.2. The smallest absolute Gasteiger partial charge is 0.120 e. The molecule has 20 heavy (non-hydrogen) atoms. The first kappa shape index (κ1) is 13.1. The quantitative estimate of drug-likeness (QED) is 0.925. The van der Waals surface area contributed by atoms with Gasteiger partial charge in [-0.3, -0.25) is 9.88 Å². The van der Waals surface area contributed by atoms with Gasteiger partial charge in [-0.05, 0) is 37.1 Å². The molecule has 1 aromatic heterocycles. The molecule has 0 radical (unpaired) electrons. The van der Waals surface area contributed by atoms with E-state index in [2.05, 4.69) is 16.0 Å². The molecule has 1 saturated heterocycles. The molecule has 0 aliphatic carbocycles. The number of aromatic nitrogens is 1. The Hall–Kier alpha value is -1.87. The fourth-order valence-corrected chi connectivity index (χ4v) is 2.99. The lowest BCUT2D eigenvalue weighted by Gasteiger charge is -2.36. The van der Waals surface area contributed by atoms with Gasteiger partial charge in [-0.15, -0.1) is 0 Å². The van der Waals surface area contributed by atoms with Crippen LogP contribution in [0.2, 0.25) is 0 Å². The van der Waals surface area contributed by atoms with Crippen molar-refractivity contribution in [3.05, 3.63) is 59.9 Å². The standard InChI is InChI=1S/C17H20N2O/c20-17-9-2-1-6-15(17)13-19-11-4-3-8-16(19)14-7-5-10-18-12-14/h1-2,5-7,9-10,12,16,20H,3-4,8,11,13H2/t16-/m1/s1. The number of benzene rings is 1. The lowest BCUT2D eigenvalue weighted by Crippen LogP contribution is -2.33. The van der Waals surface area contributed by atoms with Gasteiger partial charge in [0, 0.05) is 30.5 Å². The fourth-order valence-electron chi connectivity index (χ4n) is 2.99. The van der Waals surface area contributed by atoms with Crippen LogP contribution in [0.25, 0.3) is 0 Å². The summed E-state index contributed by atoms with van der Waals surface area (Å²) in [6.07, 6.45) is 7.44. The van der Waals surface area contributed by atoms with Crippen LogP contribution in [-0.4, -0.2) is 21.5 Å². The number of piperidine rings is 1. The highest BCUT2D eigenvalue weighted by Gasteiger charge is 2.24. The number of hydrogen-bond acceptors (Lipinski definition) is 3. The van der Waals surface area contributed by atoms with Gasteiger partial charge in [-0.1, -0.05) is 30.7 Å². The third-order valence-corrected chi connectivity index (χ3v) is 4.05. The molecule has 1 aliphatic heterocycles. The maximum Gasteiger partial charge on any atom is 0.120 e. The van der Waals surface area contributed by atoms with Crippen molar-refractivity contribution in [1.82, 2.24) is 9.88 Å². The number of hydrogen-bond donors (Lipinski definition) is 1. The van der Waals surface area contributed by atoms with Crippen LogP contribution in [0.4, 0.5) is 0 Å². The van der Waals surface area contributed by atoms with Gasteiger partial charge in [0.15, 0.2) is 0 Å². The van der Waals surface area contributed by atoms with E-state index in [9.17, 15) is 5.11 Å². The van der Waals surface area contributed by atoms with E-state index >= 15 is 0 Å². The predicted molar refractivity (Wildman–Crippen MR) is 79.3 cm³/mol. The van der Waals surface area contributed by atoms with Crippen LogP contribution in [0.3, 0.4) is 0 Å². The summed E-state index contributed by atoms with van der Waals surface area (Å²) in [6.45, 7) is 1.88. The number of phenols is 1. The number of pyridine rings is 1. The SMILES string of the molecule is Oc1ccccc1CN1CCCC[C@@H]1c1cccnc1. The van der Waals surface area contributed by atoms with E-state index in [0.717, 1.165) is 18.7 Å². The monoisotopic (exact) mass is 268 g/mol. The molecule has 3 rings (SSSR count). The minimum absolute atomic E-state index is 0.392. The van der Waals surface area contributed by atoms with Crippen LogP contribution in [0.15, 0.2) is 48.8 Å². The highest BCUT2D eigenvalue weighted by atomic mass is 16.3. The van der Waals surface area contributed by atoms with Gasteiger partial charge in [0.25, 0.3) is 0 Å². The molecule has 2 heterocycles. The molecule has 3 nitrogen and oxygen atoms in total. The molecule has 3 heteroatoms. The molecule has 0 bridgehead atoms. The number of rotatable bonds is 3. The van der Waals surface area contributed by atoms with E-state index < -0.39 is 0 Å². The summed E-state index contributed by atoms with van der Waals surface area (Å²) in [5.41, 5.74) is 2.28. The van der Waals surface area contributed by atoms with Gasteiger partial charge >= 0.3 is 0 Å². The summed E-state index contributed by atoms with van der Waals surface area (Å²) >= 11 is 0. The first-order chi connectivity index (χ1) is 9.84. The third kappa shape index (κ3) is 2.83. The van der Waals surface area contributed by atoms with E-state index in [1.54, 1.807) is 6.07 Å². The summed E-state index contributed by atoms with van der Waals surface area (Å²) < 4.78 is 0. The Labute approximate surface area is 119 Å². The summed E-state index contributed by atoms with van der Waals surface area (Å²) in [5.74, 6) is 0.392. The van der Waals surface area contributed by atoms with Gasteiger partial charge in [0.1, 0.15) is 5.75 Å². The van der Waals surface area contributed by atoms with Crippen LogP contribution in [0.5, 0.6) is 5.75 Å². The lowest BCUT2D eigenvalue weighted by molar-refractivity contribution is 0.139. The molecule has 0 spiro atoms. The molecule has 1 aliphatic rings. The second kappa shape index (κ2) is 6.06. The predicted octanol–water partition coefficient (Wildman–Crippen LogP) is 3.51. The second-order valence-electron chi connectivity index (χ2n) is 5.40. The Morgan fingerprint density at radius 1 is 1.15 bits per heavy atom. The van der Waals surface area contributed by atoms with Crippen molar-refractivity contribution >= 4 is 0 Å². The molecule has 1 atom stereocenters. The van der Waals surface area contributed by atoms with Crippen molar-refractivity contribution in [3.8, 4) is 5.75 Å². The number of likely N-dealkylation sites (tertiary alicyclic amines) is 1. The maximum atomic E-state index is 9.96. The maximum absolute atomic E-state index is 9.96. The summed E-state index contributed by atoms with van der Waals surface area (Å²) in [5, 5.41) is 9.96. The molecular weight excluding hydrogens is 248 g/mol. The van der Waals surface area contributed by atoms with Crippen LogP contribution in [0.1, 0.15) is 36.4 Å². The minimum atomic E-state index is 0.392. The van der Waals surface area contributed by atoms with E-state index in [0.29, 0.717) is 11.8 Å². The van der Waals surface area contributed by atoms with E-state index in [4.69, 9.17) is 0 Å². The van der Waals surface area contributed by atoms with Crippen molar-refractivity contribution in [3.63, 3.8) is 0 Å². The van der Waals surface area contributed by atoms with Crippen molar-refractivity contribution in [2.24, 2.45) is 0 Å². The van der Waals surface area contributed by atoms with Gasteiger partial charge in [0.2, 0.25) is 0 Å². The van der Waals surface area contributed by atoms with Crippen molar-refractivity contribution in [1.29, 1.82) is 0 Å². The van der Waals surface area contributed by atoms with Crippen LogP contribution in [-0.2, 0) is 6.54 Å². The molecule has 104 valence electrons. The first-order valence-electron chi connectivity index (χ1n) is 7.25. The normalized spacial score (nSPS) is 19.9. The summed E-state index contributed by atoms with van der Waals surface area (Å²) in [7, 11) is 0. The van der Waals surface area contributed by atoms with Crippen molar-refractivity contribution in [2.75, 3.05) is 6.54 Å². The zero-order valence-corrected chi connectivity index (χ0v) is 11.6. The van der Waals surface area contributed by atoms with Gasteiger partial charge < -0.3 is 5.11 Å². The minimum Gasteiger partial charge on any atom is -0.508 e. The molecule has 1 fully saturated rings. The molecule has 0 saturated carbocycles. The van der Waals surface area contributed by atoms with Crippen LogP contribution < -0.4 is 0 Å². The Kier molecular flexibility index (Phi) is 3.97. The number of phenolic OH excluding ortho intramolecular Hbond substituents is 1. The largest absolute Gasteiger partial charge is 0.508 e. The molecular formula is C17H20N2O. The molecule has 0 unspecified atom stereocenters. The third-order valence-electron chi connectivity index (χ3n) is 4.05. The Bertz CT molecular complexity index is 556. The number of para-hydroxylation sites is 1. The van der Waals surface area contributed by atoms with Crippen molar-refractivity contribution < 1.29 is 5.11 Å². The Morgan fingerprint density at radius 2 is 2.05 bits per heavy atom. The van der Waals surface area contributed by atoms with E-state index in [-0.39, 0.29) is 0 Å². The zero-order chi connectivity index (χ0) is 13.8.